The molecule has 1 aliphatic rings. The number of nitrogen functional groups attached to an aromatic ring is 1. The summed E-state index contributed by atoms with van der Waals surface area (Å²) in [6.45, 7) is 6.03. The fraction of sp³-hybridized carbons (Fsp3) is 0.545. The van der Waals surface area contributed by atoms with Crippen LogP contribution >= 0.6 is 0 Å². The minimum atomic E-state index is 0. The maximum Gasteiger partial charge on any atom is 0.123 e. The number of rotatable bonds is 1. The first-order valence-electron chi connectivity index (χ1n) is 5.00. The summed E-state index contributed by atoms with van der Waals surface area (Å²) >= 11 is 0. The van der Waals surface area contributed by atoms with Gasteiger partial charge < -0.3 is 5.73 Å². The fourth-order valence-electron chi connectivity index (χ4n) is 1.42. The molecule has 0 saturated heterocycles. The van der Waals surface area contributed by atoms with Gasteiger partial charge in [-0.15, -0.1) is 0 Å². The van der Waals surface area contributed by atoms with Crippen molar-refractivity contribution in [1.82, 2.24) is 4.98 Å². The maximum atomic E-state index is 5.54. The fourth-order valence-corrected chi connectivity index (χ4v) is 1.42. The molecule has 0 radical (unpaired) electrons. The molecule has 0 bridgehead atoms. The van der Waals surface area contributed by atoms with Crippen LogP contribution in [0, 0.1) is 6.92 Å². The zero-order chi connectivity index (χ0) is 9.84. The molecule has 1 aromatic rings. The van der Waals surface area contributed by atoms with Crippen LogP contribution in [0.25, 0.3) is 0 Å². The summed E-state index contributed by atoms with van der Waals surface area (Å²) in [4.78, 5) is 4.21. The minimum absolute atomic E-state index is 0. The lowest BCUT2D eigenvalue weighted by Gasteiger charge is -2.02. The first-order chi connectivity index (χ1) is 6.27. The van der Waals surface area contributed by atoms with Gasteiger partial charge in [-0.1, -0.05) is 19.9 Å². The Kier molecular flexibility index (Phi) is 3.29. The average Bonchev–Trinajstić information content (AvgIpc) is 2.91. The van der Waals surface area contributed by atoms with E-state index in [4.69, 9.17) is 5.73 Å². The van der Waals surface area contributed by atoms with Crippen LogP contribution in [0.4, 0.5) is 5.82 Å². The topological polar surface area (TPSA) is 38.9 Å². The Bertz CT molecular complexity index is 283. The predicted octanol–water partition coefficient (Wildman–Crippen LogP) is 3.12. The van der Waals surface area contributed by atoms with Crippen molar-refractivity contribution < 1.29 is 1.43 Å². The van der Waals surface area contributed by atoms with Crippen molar-refractivity contribution in [2.45, 2.75) is 39.5 Å². The van der Waals surface area contributed by atoms with Crippen LogP contribution < -0.4 is 5.73 Å². The molecular weight excluding hydrogens is 160 g/mol. The van der Waals surface area contributed by atoms with Crippen LogP contribution in [0.5, 0.6) is 0 Å². The summed E-state index contributed by atoms with van der Waals surface area (Å²) < 4.78 is 0. The first-order valence-corrected chi connectivity index (χ1v) is 5.00. The van der Waals surface area contributed by atoms with Crippen LogP contribution in [-0.4, -0.2) is 4.98 Å². The number of nitrogens with two attached hydrogens (primary N) is 1. The van der Waals surface area contributed by atoms with E-state index in [9.17, 15) is 0 Å². The van der Waals surface area contributed by atoms with Crippen molar-refractivity contribution >= 4 is 5.82 Å². The van der Waals surface area contributed by atoms with Gasteiger partial charge in [0.25, 0.3) is 0 Å². The molecule has 2 heteroatoms. The molecule has 0 spiro atoms. The number of anilines is 1. The van der Waals surface area contributed by atoms with Crippen molar-refractivity contribution in [2.24, 2.45) is 0 Å². The highest BCUT2D eigenvalue weighted by Gasteiger charge is 2.25. The molecule has 1 saturated carbocycles. The predicted molar refractivity (Wildman–Crippen MR) is 58.8 cm³/mol. The van der Waals surface area contributed by atoms with Gasteiger partial charge in [0.15, 0.2) is 0 Å². The van der Waals surface area contributed by atoms with Gasteiger partial charge in [-0.05, 0) is 37.3 Å². The zero-order valence-electron chi connectivity index (χ0n) is 8.67. The van der Waals surface area contributed by atoms with E-state index in [0.717, 1.165) is 11.6 Å². The lowest BCUT2D eigenvalue weighted by atomic mass is 10.1. The molecule has 0 amide bonds. The molecule has 1 fully saturated rings. The number of pyridine rings is 1. The summed E-state index contributed by atoms with van der Waals surface area (Å²) in [6.07, 6.45) is 2.65. The molecule has 0 unspecified atom stereocenters. The Hall–Kier alpha value is -1.05. The second-order valence-electron chi connectivity index (χ2n) is 3.19. The summed E-state index contributed by atoms with van der Waals surface area (Å²) in [5, 5.41) is 0. The molecule has 0 aliphatic heterocycles. The molecule has 2 N–H and O–H groups in total. The third-order valence-electron chi connectivity index (χ3n) is 2.17. The van der Waals surface area contributed by atoms with Crippen molar-refractivity contribution in [2.75, 3.05) is 5.73 Å². The van der Waals surface area contributed by atoms with Crippen LogP contribution in [0.3, 0.4) is 0 Å². The van der Waals surface area contributed by atoms with Gasteiger partial charge in [-0.2, -0.15) is 0 Å². The third-order valence-corrected chi connectivity index (χ3v) is 2.17. The summed E-state index contributed by atoms with van der Waals surface area (Å²) in [6, 6.07) is 4.00. The van der Waals surface area contributed by atoms with Crippen LogP contribution in [0.2, 0.25) is 0 Å². The van der Waals surface area contributed by atoms with E-state index in [-0.39, 0.29) is 1.43 Å². The molecule has 0 atom stereocenters. The monoisotopic (exact) mass is 180 g/mol. The highest BCUT2D eigenvalue weighted by atomic mass is 14.8. The van der Waals surface area contributed by atoms with E-state index in [2.05, 4.69) is 11.1 Å². The molecular formula is C11H20N2. The zero-order valence-corrected chi connectivity index (χ0v) is 8.67. The Morgan fingerprint density at radius 2 is 2.00 bits per heavy atom. The average molecular weight is 180 g/mol. The highest BCUT2D eigenvalue weighted by molar-refractivity contribution is 5.36. The molecule has 74 valence electrons. The van der Waals surface area contributed by atoms with Gasteiger partial charge in [-0.3, -0.25) is 0 Å². The van der Waals surface area contributed by atoms with Crippen molar-refractivity contribution in [3.05, 3.63) is 23.4 Å². The van der Waals surface area contributed by atoms with Crippen LogP contribution in [0.15, 0.2) is 12.1 Å². The molecule has 13 heavy (non-hydrogen) atoms. The number of hydrogen-bond donors (Lipinski definition) is 1. The van der Waals surface area contributed by atoms with Gasteiger partial charge in [0.1, 0.15) is 5.82 Å². The Morgan fingerprint density at radius 3 is 2.46 bits per heavy atom. The first kappa shape index (κ1) is 10.0. The second kappa shape index (κ2) is 4.26. The van der Waals surface area contributed by atoms with Crippen molar-refractivity contribution in [1.29, 1.82) is 0 Å². The van der Waals surface area contributed by atoms with Gasteiger partial charge >= 0.3 is 0 Å². The van der Waals surface area contributed by atoms with E-state index in [0.29, 0.717) is 5.82 Å². The number of nitrogens with zero attached hydrogens (tertiary/aromatic N) is 1. The van der Waals surface area contributed by atoms with Crippen molar-refractivity contribution in [3.8, 4) is 0 Å². The lowest BCUT2D eigenvalue weighted by Crippen LogP contribution is -1.95. The number of hydrogen-bond acceptors (Lipinski definition) is 2. The van der Waals surface area contributed by atoms with Crippen LogP contribution in [-0.2, 0) is 0 Å². The number of aromatic nitrogens is 1. The maximum absolute atomic E-state index is 5.54. The number of aryl methyl sites for hydroxylation is 1. The standard InChI is InChI=1S/C9H12N2.C2H6.H2/c1-6-8(7-2-3-7)4-5-9(10)11-6;1-2;/h4-5,7H,2-3H2,1H3,(H2,10,11);1-2H3;1H. The van der Waals surface area contributed by atoms with E-state index in [1.54, 1.807) is 0 Å². The van der Waals surface area contributed by atoms with Gasteiger partial charge in [-0.25, -0.2) is 4.98 Å². The molecule has 2 nitrogen and oxygen atoms in total. The Morgan fingerprint density at radius 1 is 1.38 bits per heavy atom. The summed E-state index contributed by atoms with van der Waals surface area (Å²) in [5.74, 6) is 1.41. The summed E-state index contributed by atoms with van der Waals surface area (Å²) in [5.41, 5.74) is 8.03. The van der Waals surface area contributed by atoms with Gasteiger partial charge in [0.2, 0.25) is 0 Å². The SMILES string of the molecule is CC.Cc1nc(N)ccc1C1CC1.[HH]. The third kappa shape index (κ3) is 2.44. The molecule has 1 heterocycles. The van der Waals surface area contributed by atoms with E-state index >= 15 is 0 Å². The lowest BCUT2D eigenvalue weighted by molar-refractivity contribution is 1.04. The smallest absolute Gasteiger partial charge is 0.123 e. The molecule has 0 aromatic carbocycles. The van der Waals surface area contributed by atoms with E-state index < -0.39 is 0 Å². The molecule has 1 aliphatic carbocycles. The van der Waals surface area contributed by atoms with Gasteiger partial charge in [0, 0.05) is 7.12 Å². The normalized spacial score (nSPS) is 14.7. The van der Waals surface area contributed by atoms with Gasteiger partial charge in [0.05, 0.1) is 0 Å². The Labute approximate surface area is 81.7 Å². The highest BCUT2D eigenvalue weighted by Crippen LogP contribution is 2.41. The second-order valence-corrected chi connectivity index (χ2v) is 3.19. The molecule has 2 rings (SSSR count). The quantitative estimate of drug-likeness (QED) is 0.721. The molecule has 1 aromatic heterocycles. The largest absolute Gasteiger partial charge is 0.384 e. The van der Waals surface area contributed by atoms with E-state index in [1.165, 1.54) is 18.4 Å². The minimum Gasteiger partial charge on any atom is -0.384 e. The Balaban J connectivity index is 0.000000531. The van der Waals surface area contributed by atoms with E-state index in [1.807, 2.05) is 26.8 Å². The summed E-state index contributed by atoms with van der Waals surface area (Å²) in [7, 11) is 0. The van der Waals surface area contributed by atoms with Crippen molar-refractivity contribution in [3.63, 3.8) is 0 Å². The van der Waals surface area contributed by atoms with Crippen LogP contribution in [0.1, 0.15) is 45.3 Å².